The van der Waals surface area contributed by atoms with Crippen LogP contribution in [0.4, 0.5) is 0 Å². The second-order valence-corrected chi connectivity index (χ2v) is 5.37. The Bertz CT molecular complexity index is 126. The molecule has 0 saturated heterocycles. The van der Waals surface area contributed by atoms with Crippen LogP contribution >= 0.6 is 11.8 Å². The average molecular weight is 230 g/mol. The highest BCUT2D eigenvalue weighted by atomic mass is 32.2. The van der Waals surface area contributed by atoms with Crippen molar-refractivity contribution >= 4 is 18.0 Å². The van der Waals surface area contributed by atoms with Gasteiger partial charge in [0.25, 0.3) is 0 Å². The second-order valence-electron chi connectivity index (χ2n) is 3.98. The van der Waals surface area contributed by atoms with Crippen molar-refractivity contribution in [3.05, 3.63) is 0 Å². The summed E-state index contributed by atoms with van der Waals surface area (Å²) in [7, 11) is 0. The fourth-order valence-corrected chi connectivity index (χ4v) is 2.33. The first-order chi connectivity index (χ1) is 7.41. The number of hydrogen-bond donors (Lipinski definition) is 0. The molecule has 0 rings (SSSR count). The Morgan fingerprint density at radius 1 is 0.867 bits per heavy atom. The maximum Gasteiger partial charge on any atom is 0.119 e. The fourth-order valence-electron chi connectivity index (χ4n) is 1.64. The minimum absolute atomic E-state index is 0.758. The first-order valence-corrected chi connectivity index (χ1v) is 7.58. The molecule has 0 atom stereocenters. The minimum atomic E-state index is 0.758. The molecule has 0 aromatic heterocycles. The van der Waals surface area contributed by atoms with E-state index < -0.39 is 0 Å². The summed E-state index contributed by atoms with van der Waals surface area (Å²) in [6.07, 6.45) is 12.4. The van der Waals surface area contributed by atoms with Crippen LogP contribution in [0, 0.1) is 0 Å². The number of hydrogen-bond acceptors (Lipinski definition) is 2. The van der Waals surface area contributed by atoms with Gasteiger partial charge in [0.05, 0.1) is 0 Å². The molecule has 90 valence electrons. The van der Waals surface area contributed by atoms with Crippen molar-refractivity contribution in [1.29, 1.82) is 0 Å². The van der Waals surface area contributed by atoms with Crippen LogP contribution in [0.25, 0.3) is 0 Å². The van der Waals surface area contributed by atoms with E-state index in [1.54, 1.807) is 0 Å². The first kappa shape index (κ1) is 15.0. The van der Waals surface area contributed by atoms with Crippen molar-refractivity contribution in [2.24, 2.45) is 0 Å². The molecule has 0 saturated carbocycles. The van der Waals surface area contributed by atoms with Gasteiger partial charge in [0.1, 0.15) is 6.29 Å². The topological polar surface area (TPSA) is 17.1 Å². The lowest BCUT2D eigenvalue weighted by molar-refractivity contribution is -0.107. The Kier molecular flexibility index (Phi) is 14.0. The van der Waals surface area contributed by atoms with E-state index in [-0.39, 0.29) is 0 Å². The van der Waals surface area contributed by atoms with Crippen molar-refractivity contribution < 1.29 is 4.79 Å². The molecule has 1 nitrogen and oxygen atoms in total. The van der Waals surface area contributed by atoms with Crippen LogP contribution in [0.15, 0.2) is 0 Å². The Balaban J connectivity index is 2.83. The zero-order chi connectivity index (χ0) is 11.2. The van der Waals surface area contributed by atoms with Gasteiger partial charge in [-0.3, -0.25) is 0 Å². The first-order valence-electron chi connectivity index (χ1n) is 6.43. The van der Waals surface area contributed by atoms with Gasteiger partial charge in [-0.25, -0.2) is 0 Å². The highest BCUT2D eigenvalue weighted by Gasteiger charge is 1.92. The standard InChI is InChI=1S/C13H26OS/c1-2-15-13-11-9-7-5-3-4-6-8-10-12-14/h12H,2-11,13H2,1H3. The summed E-state index contributed by atoms with van der Waals surface area (Å²) in [5, 5.41) is 0. The summed E-state index contributed by atoms with van der Waals surface area (Å²) < 4.78 is 0. The van der Waals surface area contributed by atoms with Gasteiger partial charge in [-0.2, -0.15) is 11.8 Å². The van der Waals surface area contributed by atoms with E-state index in [0.29, 0.717) is 0 Å². The molecule has 2 heteroatoms. The molecule has 0 radical (unpaired) electrons. The van der Waals surface area contributed by atoms with E-state index in [2.05, 4.69) is 18.7 Å². The van der Waals surface area contributed by atoms with Crippen molar-refractivity contribution in [2.45, 2.75) is 64.7 Å². The van der Waals surface area contributed by atoms with Gasteiger partial charge in [-0.15, -0.1) is 0 Å². The highest BCUT2D eigenvalue weighted by molar-refractivity contribution is 7.99. The molecular weight excluding hydrogens is 204 g/mol. The van der Waals surface area contributed by atoms with Crippen molar-refractivity contribution in [3.63, 3.8) is 0 Å². The third kappa shape index (κ3) is 14.0. The Morgan fingerprint density at radius 3 is 1.93 bits per heavy atom. The van der Waals surface area contributed by atoms with Gasteiger partial charge in [0, 0.05) is 6.42 Å². The zero-order valence-electron chi connectivity index (χ0n) is 10.2. The van der Waals surface area contributed by atoms with Crippen LogP contribution in [0.2, 0.25) is 0 Å². The van der Waals surface area contributed by atoms with E-state index in [1.807, 2.05) is 0 Å². The van der Waals surface area contributed by atoms with Gasteiger partial charge in [-0.05, 0) is 24.3 Å². The summed E-state index contributed by atoms with van der Waals surface area (Å²) in [6, 6.07) is 0. The molecule has 15 heavy (non-hydrogen) atoms. The smallest absolute Gasteiger partial charge is 0.119 e. The molecule has 0 bridgehead atoms. The fraction of sp³-hybridized carbons (Fsp3) is 0.923. The SMILES string of the molecule is CCSCCCCCCCCCCC=O. The van der Waals surface area contributed by atoms with E-state index in [0.717, 1.165) is 19.1 Å². The minimum Gasteiger partial charge on any atom is -0.303 e. The lowest BCUT2D eigenvalue weighted by Crippen LogP contribution is -1.84. The Labute approximate surface area is 99.4 Å². The number of unbranched alkanes of at least 4 members (excludes halogenated alkanes) is 8. The summed E-state index contributed by atoms with van der Waals surface area (Å²) in [5.74, 6) is 2.60. The van der Waals surface area contributed by atoms with Crippen LogP contribution in [0.3, 0.4) is 0 Å². The van der Waals surface area contributed by atoms with Crippen LogP contribution in [0.5, 0.6) is 0 Å². The number of carbonyl (C=O) groups excluding carboxylic acids is 1. The molecule has 0 aromatic carbocycles. The molecule has 0 aliphatic carbocycles. The van der Waals surface area contributed by atoms with Crippen molar-refractivity contribution in [1.82, 2.24) is 0 Å². The van der Waals surface area contributed by atoms with Crippen molar-refractivity contribution in [3.8, 4) is 0 Å². The van der Waals surface area contributed by atoms with Gasteiger partial charge in [-0.1, -0.05) is 45.4 Å². The van der Waals surface area contributed by atoms with Gasteiger partial charge in [0.15, 0.2) is 0 Å². The number of rotatable bonds is 12. The number of thioether (sulfide) groups is 1. The van der Waals surface area contributed by atoms with E-state index >= 15 is 0 Å². The van der Waals surface area contributed by atoms with Crippen molar-refractivity contribution in [2.75, 3.05) is 11.5 Å². The van der Waals surface area contributed by atoms with E-state index in [4.69, 9.17) is 0 Å². The summed E-state index contributed by atoms with van der Waals surface area (Å²) in [5.41, 5.74) is 0. The Hall–Kier alpha value is 0.0200. The maximum absolute atomic E-state index is 10.1. The predicted octanol–water partition coefficient (Wildman–Crippen LogP) is 4.45. The third-order valence-corrected chi connectivity index (χ3v) is 3.55. The zero-order valence-corrected chi connectivity index (χ0v) is 11.0. The number of carbonyl (C=O) groups is 1. The molecule has 0 unspecified atom stereocenters. The molecule has 0 amide bonds. The van der Waals surface area contributed by atoms with Crippen LogP contribution in [-0.2, 0) is 4.79 Å². The van der Waals surface area contributed by atoms with E-state index in [9.17, 15) is 4.79 Å². The van der Waals surface area contributed by atoms with Gasteiger partial charge in [0.2, 0.25) is 0 Å². The molecule has 0 spiro atoms. The number of aldehydes is 1. The van der Waals surface area contributed by atoms with Crippen LogP contribution < -0.4 is 0 Å². The monoisotopic (exact) mass is 230 g/mol. The predicted molar refractivity (Wildman–Crippen MR) is 70.6 cm³/mol. The quantitative estimate of drug-likeness (QED) is 0.364. The third-order valence-electron chi connectivity index (χ3n) is 2.56. The van der Waals surface area contributed by atoms with Crippen LogP contribution in [-0.4, -0.2) is 17.8 Å². The molecule has 0 heterocycles. The lowest BCUT2D eigenvalue weighted by atomic mass is 10.1. The Morgan fingerprint density at radius 2 is 1.40 bits per heavy atom. The van der Waals surface area contributed by atoms with Gasteiger partial charge < -0.3 is 4.79 Å². The molecular formula is C13H26OS. The maximum atomic E-state index is 10.1. The molecule has 0 fully saturated rings. The summed E-state index contributed by atoms with van der Waals surface area (Å²) in [4.78, 5) is 10.1. The summed E-state index contributed by atoms with van der Waals surface area (Å²) >= 11 is 2.05. The normalized spacial score (nSPS) is 10.5. The van der Waals surface area contributed by atoms with E-state index in [1.165, 1.54) is 56.5 Å². The largest absolute Gasteiger partial charge is 0.303 e. The van der Waals surface area contributed by atoms with Gasteiger partial charge >= 0.3 is 0 Å². The second kappa shape index (κ2) is 14.0. The summed E-state index contributed by atoms with van der Waals surface area (Å²) in [6.45, 7) is 2.23. The molecule has 0 aliphatic heterocycles. The average Bonchev–Trinajstić information content (AvgIpc) is 2.26. The highest BCUT2D eigenvalue weighted by Crippen LogP contribution is 2.11. The molecule has 0 aliphatic rings. The van der Waals surface area contributed by atoms with Crippen LogP contribution in [0.1, 0.15) is 64.7 Å². The lowest BCUT2D eigenvalue weighted by Gasteiger charge is -2.01. The molecule has 0 N–H and O–H groups in total. The molecule has 0 aromatic rings.